The van der Waals surface area contributed by atoms with Gasteiger partial charge in [-0.2, -0.15) is 0 Å². The summed E-state index contributed by atoms with van der Waals surface area (Å²) >= 11 is 0. The molecule has 4 fully saturated rings. The van der Waals surface area contributed by atoms with Crippen LogP contribution in [-0.4, -0.2) is 23.1 Å². The molecule has 44 heavy (non-hydrogen) atoms. The molecule has 0 unspecified atom stereocenters. The molecule has 0 radical (unpaired) electrons. The fourth-order valence-electron chi connectivity index (χ4n) is 7.38. The second-order valence-electron chi connectivity index (χ2n) is 16.4. The fourth-order valence-corrected chi connectivity index (χ4v) is 7.38. The Morgan fingerprint density at radius 3 is 1.00 bits per heavy atom. The Balaban J connectivity index is 0.000000293. The van der Waals surface area contributed by atoms with Gasteiger partial charge in [0.15, 0.2) is 5.78 Å². The van der Waals surface area contributed by atoms with Gasteiger partial charge >= 0.3 is 0 Å². The molecular formula is C40H70O4. The Bertz CT molecular complexity index is 865. The van der Waals surface area contributed by atoms with Crippen LogP contribution in [0.2, 0.25) is 0 Å². The van der Waals surface area contributed by atoms with Crippen molar-refractivity contribution in [2.75, 3.05) is 0 Å². The maximum atomic E-state index is 11.4. The largest absolute Gasteiger partial charge is 0.299 e. The number of carbonyl (C=O) groups excluding carboxylic acids is 4. The topological polar surface area (TPSA) is 68.3 Å². The molecule has 0 heterocycles. The summed E-state index contributed by atoms with van der Waals surface area (Å²) in [5, 5.41) is 0. The number of allylic oxidation sites excluding steroid dienone is 2. The van der Waals surface area contributed by atoms with E-state index in [4.69, 9.17) is 0 Å². The van der Waals surface area contributed by atoms with E-state index in [1.165, 1.54) is 31.3 Å². The van der Waals surface area contributed by atoms with Crippen LogP contribution < -0.4 is 0 Å². The van der Waals surface area contributed by atoms with Gasteiger partial charge in [0.05, 0.1) is 0 Å². The molecule has 4 aliphatic rings. The summed E-state index contributed by atoms with van der Waals surface area (Å²) in [7, 11) is 0. The SMILES string of the molecule is CC(C)=C1CC[C@@H](C)CC1=O.CC(C)[C@@H]1CC[C@@H](C)CC1=O.CC(C)[C@@H]1CC[C@@H](C)CC1=O.CC(C)[C@H]1CC[C@@H](C)CC1=O. The zero-order valence-electron chi connectivity index (χ0n) is 30.9. The molecule has 4 nitrogen and oxygen atoms in total. The van der Waals surface area contributed by atoms with Crippen LogP contribution in [0.15, 0.2) is 11.1 Å². The number of hydrogen-bond acceptors (Lipinski definition) is 4. The standard InChI is InChI=1S/3C10H18O.C10H16O/c4*1-7(2)9-5-4-8(3)6-10(9)11/h3*7-9H,4-6H2,1-3H3;8H,4-6H2,1-3H3/t2*8-,9+;8-,9-;8-/m1111/s1. The normalized spacial score (nSPS) is 31.1. The molecule has 0 N–H and O–H groups in total. The minimum Gasteiger partial charge on any atom is -0.299 e. The summed E-state index contributed by atoms with van der Waals surface area (Å²) in [6.07, 6.45) is 12.5. The molecule has 0 aromatic carbocycles. The van der Waals surface area contributed by atoms with Crippen molar-refractivity contribution in [3.8, 4) is 0 Å². The second-order valence-corrected chi connectivity index (χ2v) is 16.4. The van der Waals surface area contributed by atoms with Gasteiger partial charge in [0.2, 0.25) is 0 Å². The predicted octanol–water partition coefficient (Wildman–Crippen LogP) is 10.7. The van der Waals surface area contributed by atoms with Gasteiger partial charge in [-0.1, -0.05) is 74.8 Å². The smallest absolute Gasteiger partial charge is 0.159 e. The summed E-state index contributed by atoms with van der Waals surface area (Å²) in [5.74, 6) is 7.14. The Labute approximate surface area is 272 Å². The van der Waals surface area contributed by atoms with Gasteiger partial charge in [-0.05, 0) is 112 Å². The predicted molar refractivity (Wildman–Crippen MR) is 185 cm³/mol. The van der Waals surface area contributed by atoms with Gasteiger partial charge < -0.3 is 0 Å². The molecule has 254 valence electrons. The summed E-state index contributed by atoms with van der Waals surface area (Å²) < 4.78 is 0. The zero-order chi connectivity index (χ0) is 33.7. The summed E-state index contributed by atoms with van der Waals surface area (Å²) in [4.78, 5) is 45.7. The van der Waals surface area contributed by atoms with Crippen LogP contribution in [0.5, 0.6) is 0 Å². The van der Waals surface area contributed by atoms with Crippen molar-refractivity contribution in [2.24, 2.45) is 59.2 Å². The molecular weight excluding hydrogens is 544 g/mol. The summed E-state index contributed by atoms with van der Waals surface area (Å²) in [6, 6.07) is 0. The lowest BCUT2D eigenvalue weighted by molar-refractivity contribution is -0.128. The lowest BCUT2D eigenvalue weighted by Crippen LogP contribution is -2.27. The van der Waals surface area contributed by atoms with Crippen molar-refractivity contribution >= 4 is 23.1 Å². The van der Waals surface area contributed by atoms with Crippen LogP contribution in [-0.2, 0) is 19.2 Å². The first-order valence-electron chi connectivity index (χ1n) is 18.2. The molecule has 7 atom stereocenters. The van der Waals surface area contributed by atoms with Crippen LogP contribution in [0.3, 0.4) is 0 Å². The van der Waals surface area contributed by atoms with Crippen molar-refractivity contribution in [1.82, 2.24) is 0 Å². The quantitative estimate of drug-likeness (QED) is 0.297. The zero-order valence-corrected chi connectivity index (χ0v) is 30.9. The summed E-state index contributed by atoms with van der Waals surface area (Å²) in [6.45, 7) is 25.6. The van der Waals surface area contributed by atoms with E-state index in [1.54, 1.807) is 0 Å². The van der Waals surface area contributed by atoms with Gasteiger partial charge in [-0.25, -0.2) is 0 Å². The monoisotopic (exact) mass is 615 g/mol. The summed E-state index contributed by atoms with van der Waals surface area (Å²) in [5.41, 5.74) is 2.30. The third-order valence-corrected chi connectivity index (χ3v) is 10.6. The lowest BCUT2D eigenvalue weighted by Gasteiger charge is -2.27. The van der Waals surface area contributed by atoms with Crippen molar-refractivity contribution in [3.63, 3.8) is 0 Å². The molecule has 4 saturated carbocycles. The number of carbonyl (C=O) groups is 4. The first kappa shape index (κ1) is 40.4. The fraction of sp³-hybridized carbons (Fsp3) is 0.850. The van der Waals surface area contributed by atoms with E-state index in [1.807, 2.05) is 13.8 Å². The molecule has 4 aliphatic carbocycles. The average Bonchev–Trinajstić information content (AvgIpc) is 2.89. The molecule has 0 spiro atoms. The van der Waals surface area contributed by atoms with Gasteiger partial charge in [0.1, 0.15) is 17.3 Å². The van der Waals surface area contributed by atoms with Crippen LogP contribution in [0, 0.1) is 59.2 Å². The van der Waals surface area contributed by atoms with E-state index in [0.29, 0.717) is 82.3 Å². The minimum absolute atomic E-state index is 0.367. The maximum absolute atomic E-state index is 11.4. The molecule has 4 rings (SSSR count). The Kier molecular flexibility index (Phi) is 18.2. The molecule has 4 heteroatoms. The molecule has 0 bridgehead atoms. The van der Waals surface area contributed by atoms with E-state index < -0.39 is 0 Å². The number of hydrogen-bond donors (Lipinski definition) is 0. The van der Waals surface area contributed by atoms with E-state index in [9.17, 15) is 19.2 Å². The third-order valence-electron chi connectivity index (χ3n) is 10.6. The highest BCUT2D eigenvalue weighted by molar-refractivity contribution is 5.96. The molecule has 0 aromatic heterocycles. The van der Waals surface area contributed by atoms with Crippen molar-refractivity contribution < 1.29 is 19.2 Å². The van der Waals surface area contributed by atoms with E-state index >= 15 is 0 Å². The van der Waals surface area contributed by atoms with Crippen molar-refractivity contribution in [3.05, 3.63) is 11.1 Å². The second kappa shape index (κ2) is 19.8. The van der Waals surface area contributed by atoms with Crippen LogP contribution in [0.1, 0.15) is 160 Å². The van der Waals surface area contributed by atoms with E-state index in [0.717, 1.165) is 56.9 Å². The highest BCUT2D eigenvalue weighted by Crippen LogP contribution is 2.32. The average molecular weight is 615 g/mol. The Morgan fingerprint density at radius 1 is 0.477 bits per heavy atom. The number of rotatable bonds is 3. The van der Waals surface area contributed by atoms with Crippen molar-refractivity contribution in [2.45, 2.75) is 160 Å². The van der Waals surface area contributed by atoms with E-state index in [-0.39, 0.29) is 0 Å². The van der Waals surface area contributed by atoms with Gasteiger partial charge in [-0.15, -0.1) is 0 Å². The first-order valence-corrected chi connectivity index (χ1v) is 18.2. The van der Waals surface area contributed by atoms with Crippen LogP contribution >= 0.6 is 0 Å². The van der Waals surface area contributed by atoms with Crippen LogP contribution in [0.4, 0.5) is 0 Å². The molecule has 0 aliphatic heterocycles. The van der Waals surface area contributed by atoms with Crippen LogP contribution in [0.25, 0.3) is 0 Å². The highest BCUT2D eigenvalue weighted by Gasteiger charge is 2.30. The minimum atomic E-state index is 0.367. The first-order chi connectivity index (χ1) is 20.4. The number of ketones is 4. The van der Waals surface area contributed by atoms with Gasteiger partial charge in [0.25, 0.3) is 0 Å². The highest BCUT2D eigenvalue weighted by atomic mass is 16.1. The Morgan fingerprint density at radius 2 is 0.773 bits per heavy atom. The maximum Gasteiger partial charge on any atom is 0.159 e. The van der Waals surface area contributed by atoms with Gasteiger partial charge in [0, 0.05) is 43.4 Å². The Hall–Kier alpha value is -1.58. The third kappa shape index (κ3) is 14.2. The molecule has 0 saturated heterocycles. The van der Waals surface area contributed by atoms with E-state index in [2.05, 4.69) is 69.2 Å². The molecule has 0 amide bonds. The van der Waals surface area contributed by atoms with Crippen molar-refractivity contribution in [1.29, 1.82) is 0 Å². The lowest BCUT2D eigenvalue weighted by atomic mass is 9.77. The number of Topliss-reactive ketones (excluding diaryl/α,β-unsaturated/α-hetero) is 4. The van der Waals surface area contributed by atoms with Gasteiger partial charge in [-0.3, -0.25) is 19.2 Å². The molecule has 0 aromatic rings.